The number of hydrogen-bond acceptors (Lipinski definition) is 2. The Labute approximate surface area is 165 Å². The van der Waals surface area contributed by atoms with Crippen LogP contribution in [0.4, 0.5) is 11.4 Å². The molecule has 0 aliphatic rings. The van der Waals surface area contributed by atoms with Gasteiger partial charge >= 0.3 is 0 Å². The third-order valence-corrected chi connectivity index (χ3v) is 4.76. The molecule has 3 aromatic rings. The molecule has 28 heavy (non-hydrogen) atoms. The van der Waals surface area contributed by atoms with Gasteiger partial charge in [0.1, 0.15) is 0 Å². The van der Waals surface area contributed by atoms with Gasteiger partial charge in [0, 0.05) is 22.5 Å². The maximum absolute atomic E-state index is 12.8. The molecular formula is C24H24N2O2. The van der Waals surface area contributed by atoms with Crippen LogP contribution in [0.15, 0.2) is 66.7 Å². The molecule has 3 aromatic carbocycles. The molecule has 0 radical (unpaired) electrons. The number of rotatable bonds is 5. The Balaban J connectivity index is 1.83. The summed E-state index contributed by atoms with van der Waals surface area (Å²) in [5.74, 6) is -0.396. The molecule has 0 unspecified atom stereocenters. The number of hydrogen-bond donors (Lipinski definition) is 2. The highest BCUT2D eigenvalue weighted by Gasteiger charge is 2.13. The van der Waals surface area contributed by atoms with Gasteiger partial charge in [-0.3, -0.25) is 9.59 Å². The van der Waals surface area contributed by atoms with Crippen molar-refractivity contribution in [1.29, 1.82) is 0 Å². The summed E-state index contributed by atoms with van der Waals surface area (Å²) in [4.78, 5) is 25.3. The summed E-state index contributed by atoms with van der Waals surface area (Å²) in [6, 6.07) is 20.3. The number of benzene rings is 3. The van der Waals surface area contributed by atoms with Gasteiger partial charge in [0.2, 0.25) is 0 Å². The number of para-hydroxylation sites is 1. The van der Waals surface area contributed by atoms with Gasteiger partial charge in [0.05, 0.1) is 0 Å². The average molecular weight is 372 g/mol. The van der Waals surface area contributed by atoms with Gasteiger partial charge in [-0.1, -0.05) is 49.4 Å². The maximum Gasteiger partial charge on any atom is 0.255 e. The lowest BCUT2D eigenvalue weighted by atomic mass is 10.0. The Kier molecular flexibility index (Phi) is 5.90. The molecule has 0 spiro atoms. The van der Waals surface area contributed by atoms with Crippen molar-refractivity contribution >= 4 is 23.2 Å². The minimum absolute atomic E-state index is 0.195. The van der Waals surface area contributed by atoms with Gasteiger partial charge < -0.3 is 10.6 Å². The van der Waals surface area contributed by atoms with Gasteiger partial charge in [-0.2, -0.15) is 0 Å². The number of amides is 2. The Morgan fingerprint density at radius 2 is 1.46 bits per heavy atom. The predicted octanol–water partition coefficient (Wildman–Crippen LogP) is 5.37. The van der Waals surface area contributed by atoms with Crippen molar-refractivity contribution in [2.75, 3.05) is 10.6 Å². The zero-order chi connectivity index (χ0) is 20.1. The SMILES string of the molecule is CCc1cccc(C)c1NC(=O)c1ccc(C)c(NC(=O)c2ccccc2)c1. The zero-order valence-corrected chi connectivity index (χ0v) is 16.4. The predicted molar refractivity (Wildman–Crippen MR) is 114 cm³/mol. The molecule has 3 rings (SSSR count). The number of carbonyl (C=O) groups is 2. The molecule has 0 aliphatic heterocycles. The van der Waals surface area contributed by atoms with Crippen molar-refractivity contribution in [2.24, 2.45) is 0 Å². The fraction of sp³-hybridized carbons (Fsp3) is 0.167. The molecule has 0 bridgehead atoms. The first-order valence-corrected chi connectivity index (χ1v) is 9.36. The molecule has 4 nitrogen and oxygen atoms in total. The van der Waals surface area contributed by atoms with Gasteiger partial charge in [0.25, 0.3) is 11.8 Å². The van der Waals surface area contributed by atoms with E-state index >= 15 is 0 Å². The summed E-state index contributed by atoms with van der Waals surface area (Å²) in [5, 5.41) is 5.93. The minimum atomic E-state index is -0.201. The summed E-state index contributed by atoms with van der Waals surface area (Å²) in [6.07, 6.45) is 0.837. The highest BCUT2D eigenvalue weighted by molar-refractivity contribution is 6.08. The van der Waals surface area contributed by atoms with Gasteiger partial charge in [-0.25, -0.2) is 0 Å². The molecule has 2 amide bonds. The highest BCUT2D eigenvalue weighted by atomic mass is 16.2. The third-order valence-electron chi connectivity index (χ3n) is 4.76. The molecule has 0 aliphatic carbocycles. The van der Waals surface area contributed by atoms with Crippen LogP contribution < -0.4 is 10.6 Å². The van der Waals surface area contributed by atoms with E-state index in [1.54, 1.807) is 24.3 Å². The number of carbonyl (C=O) groups excluding carboxylic acids is 2. The zero-order valence-electron chi connectivity index (χ0n) is 16.4. The maximum atomic E-state index is 12.8. The summed E-state index contributed by atoms with van der Waals surface area (Å²) in [7, 11) is 0. The van der Waals surface area contributed by atoms with Crippen molar-refractivity contribution in [1.82, 2.24) is 0 Å². The fourth-order valence-corrected chi connectivity index (χ4v) is 3.07. The van der Waals surface area contributed by atoms with Crippen molar-refractivity contribution in [3.8, 4) is 0 Å². The van der Waals surface area contributed by atoms with Crippen LogP contribution in [0, 0.1) is 13.8 Å². The van der Waals surface area contributed by atoms with E-state index < -0.39 is 0 Å². The van der Waals surface area contributed by atoms with Crippen molar-refractivity contribution in [3.63, 3.8) is 0 Å². The van der Waals surface area contributed by atoms with E-state index in [1.807, 2.05) is 56.3 Å². The van der Waals surface area contributed by atoms with Crippen LogP contribution in [-0.2, 0) is 6.42 Å². The van der Waals surface area contributed by atoms with Crippen LogP contribution in [-0.4, -0.2) is 11.8 Å². The quantitative estimate of drug-likeness (QED) is 0.632. The van der Waals surface area contributed by atoms with Gasteiger partial charge in [0.15, 0.2) is 0 Å². The lowest BCUT2D eigenvalue weighted by molar-refractivity contribution is 0.101. The first kappa shape index (κ1) is 19.4. The largest absolute Gasteiger partial charge is 0.322 e. The van der Waals surface area contributed by atoms with Crippen LogP contribution in [0.5, 0.6) is 0 Å². The molecule has 0 saturated carbocycles. The topological polar surface area (TPSA) is 58.2 Å². The van der Waals surface area contributed by atoms with Gasteiger partial charge in [-0.15, -0.1) is 0 Å². The van der Waals surface area contributed by atoms with Crippen molar-refractivity contribution in [3.05, 3.63) is 94.5 Å². The molecule has 2 N–H and O–H groups in total. The van der Waals surface area contributed by atoms with Crippen molar-refractivity contribution in [2.45, 2.75) is 27.2 Å². The Morgan fingerprint density at radius 3 is 2.18 bits per heavy atom. The molecule has 142 valence electrons. The number of aryl methyl sites for hydroxylation is 3. The Bertz CT molecular complexity index is 1010. The third kappa shape index (κ3) is 4.29. The summed E-state index contributed by atoms with van der Waals surface area (Å²) >= 11 is 0. The second-order valence-corrected chi connectivity index (χ2v) is 6.77. The van der Waals surface area contributed by atoms with E-state index in [0.29, 0.717) is 16.8 Å². The second-order valence-electron chi connectivity index (χ2n) is 6.77. The molecule has 0 aromatic heterocycles. The van der Waals surface area contributed by atoms with E-state index in [0.717, 1.165) is 28.8 Å². The van der Waals surface area contributed by atoms with E-state index in [-0.39, 0.29) is 11.8 Å². The average Bonchev–Trinajstić information content (AvgIpc) is 2.71. The van der Waals surface area contributed by atoms with Gasteiger partial charge in [-0.05, 0) is 61.2 Å². The Morgan fingerprint density at radius 1 is 0.750 bits per heavy atom. The molecule has 0 atom stereocenters. The monoisotopic (exact) mass is 372 g/mol. The molecule has 0 fully saturated rings. The number of nitrogens with one attached hydrogen (secondary N) is 2. The van der Waals surface area contributed by atoms with Crippen LogP contribution in [0.1, 0.15) is 44.3 Å². The smallest absolute Gasteiger partial charge is 0.255 e. The van der Waals surface area contributed by atoms with E-state index in [4.69, 9.17) is 0 Å². The molecule has 4 heteroatoms. The second kappa shape index (κ2) is 8.53. The lowest BCUT2D eigenvalue weighted by Crippen LogP contribution is -2.16. The normalized spacial score (nSPS) is 10.4. The first-order chi connectivity index (χ1) is 13.5. The van der Waals surface area contributed by atoms with E-state index in [2.05, 4.69) is 17.6 Å². The lowest BCUT2D eigenvalue weighted by Gasteiger charge is -2.14. The summed E-state index contributed by atoms with van der Waals surface area (Å²) < 4.78 is 0. The highest BCUT2D eigenvalue weighted by Crippen LogP contribution is 2.23. The Hall–Kier alpha value is -3.40. The minimum Gasteiger partial charge on any atom is -0.322 e. The standard InChI is InChI=1S/C24H24N2O2/c1-4-18-12-8-9-17(3)22(18)26-24(28)20-14-13-16(2)21(15-20)25-23(27)19-10-6-5-7-11-19/h5-15H,4H2,1-3H3,(H,25,27)(H,26,28). The van der Waals surface area contributed by atoms with E-state index in [1.165, 1.54) is 0 Å². The molecule has 0 heterocycles. The fourth-order valence-electron chi connectivity index (χ4n) is 3.07. The van der Waals surface area contributed by atoms with Crippen LogP contribution in [0.25, 0.3) is 0 Å². The molecular weight excluding hydrogens is 348 g/mol. The molecule has 0 saturated heterocycles. The van der Waals surface area contributed by atoms with Crippen LogP contribution >= 0.6 is 0 Å². The summed E-state index contributed by atoms with van der Waals surface area (Å²) in [5.41, 5.74) is 5.57. The number of anilines is 2. The first-order valence-electron chi connectivity index (χ1n) is 9.36. The van der Waals surface area contributed by atoms with E-state index in [9.17, 15) is 9.59 Å². The van der Waals surface area contributed by atoms with Crippen molar-refractivity contribution < 1.29 is 9.59 Å². The summed E-state index contributed by atoms with van der Waals surface area (Å²) in [6.45, 7) is 5.95. The van der Waals surface area contributed by atoms with Crippen LogP contribution in [0.3, 0.4) is 0 Å². The van der Waals surface area contributed by atoms with Crippen LogP contribution in [0.2, 0.25) is 0 Å².